The highest BCUT2D eigenvalue weighted by molar-refractivity contribution is 7.99. The summed E-state index contributed by atoms with van der Waals surface area (Å²) in [7, 11) is 0. The summed E-state index contributed by atoms with van der Waals surface area (Å²) < 4.78 is 2.22. The van der Waals surface area contributed by atoms with Gasteiger partial charge in [-0.15, -0.1) is 0 Å². The summed E-state index contributed by atoms with van der Waals surface area (Å²) in [5, 5.41) is 9.63. The highest BCUT2D eigenvalue weighted by atomic mass is 32.2. The lowest BCUT2D eigenvalue weighted by atomic mass is 10.1. The summed E-state index contributed by atoms with van der Waals surface area (Å²) in [5.41, 5.74) is 1.19. The van der Waals surface area contributed by atoms with E-state index >= 15 is 0 Å². The Hall–Kier alpha value is -0.970. The summed E-state index contributed by atoms with van der Waals surface area (Å²) in [5.74, 6) is -0.336. The molecule has 5 heteroatoms. The molecule has 1 rings (SSSR count). The third-order valence-corrected chi connectivity index (χ3v) is 4.08. The van der Waals surface area contributed by atoms with Crippen molar-refractivity contribution in [2.75, 3.05) is 5.75 Å². The molecule has 0 aliphatic carbocycles. The summed E-state index contributed by atoms with van der Waals surface area (Å²) in [4.78, 5) is 15.1. The Morgan fingerprint density at radius 3 is 2.68 bits per heavy atom. The molecule has 108 valence electrons. The summed E-state index contributed by atoms with van der Waals surface area (Å²) >= 11 is 1.31. The number of carboxylic acids is 1. The van der Waals surface area contributed by atoms with Gasteiger partial charge in [-0.25, -0.2) is 4.98 Å². The maximum Gasteiger partial charge on any atom is 0.313 e. The first-order valence-electron chi connectivity index (χ1n) is 6.89. The van der Waals surface area contributed by atoms with Crippen molar-refractivity contribution in [2.24, 2.45) is 0 Å². The number of imidazole rings is 1. The van der Waals surface area contributed by atoms with E-state index in [9.17, 15) is 4.79 Å². The number of aromatic nitrogens is 2. The number of hydrogen-bond acceptors (Lipinski definition) is 3. The molecule has 0 radical (unpaired) electrons. The highest BCUT2D eigenvalue weighted by Gasteiger charge is 2.18. The van der Waals surface area contributed by atoms with E-state index in [1.54, 1.807) is 0 Å². The quantitative estimate of drug-likeness (QED) is 0.735. The zero-order valence-corrected chi connectivity index (χ0v) is 13.0. The van der Waals surface area contributed by atoms with Crippen molar-refractivity contribution >= 4 is 17.7 Å². The Labute approximate surface area is 119 Å². The Balaban J connectivity index is 2.93. The number of unbranched alkanes of at least 4 members (excludes halogenated alkanes) is 1. The van der Waals surface area contributed by atoms with Gasteiger partial charge in [-0.05, 0) is 19.3 Å². The minimum Gasteiger partial charge on any atom is -0.481 e. The molecule has 1 aromatic rings. The maximum absolute atomic E-state index is 10.7. The van der Waals surface area contributed by atoms with Crippen molar-refractivity contribution in [3.8, 4) is 0 Å². The fourth-order valence-corrected chi connectivity index (χ4v) is 2.89. The molecule has 0 spiro atoms. The van der Waals surface area contributed by atoms with E-state index in [1.807, 2.05) is 6.20 Å². The second kappa shape index (κ2) is 7.58. The minimum atomic E-state index is -0.799. The Morgan fingerprint density at radius 2 is 2.16 bits per heavy atom. The van der Waals surface area contributed by atoms with Gasteiger partial charge in [0.15, 0.2) is 5.16 Å². The van der Waals surface area contributed by atoms with Crippen molar-refractivity contribution in [2.45, 2.75) is 64.1 Å². The number of nitrogens with zero attached hydrogens (tertiary/aromatic N) is 2. The van der Waals surface area contributed by atoms with Gasteiger partial charge in [0.05, 0.1) is 5.75 Å². The molecule has 0 aliphatic rings. The third-order valence-electron chi connectivity index (χ3n) is 3.12. The van der Waals surface area contributed by atoms with Crippen molar-refractivity contribution in [1.82, 2.24) is 9.55 Å². The summed E-state index contributed by atoms with van der Waals surface area (Å²) in [6.07, 6.45) is 5.35. The maximum atomic E-state index is 10.7. The van der Waals surface area contributed by atoms with Crippen LogP contribution in [-0.4, -0.2) is 26.4 Å². The second-order valence-corrected chi connectivity index (χ2v) is 6.11. The number of carbonyl (C=O) groups is 1. The van der Waals surface area contributed by atoms with Gasteiger partial charge in [0.1, 0.15) is 0 Å². The molecule has 0 saturated carbocycles. The van der Waals surface area contributed by atoms with Crippen LogP contribution in [0.15, 0.2) is 11.4 Å². The number of aliphatic carboxylic acids is 1. The molecule has 0 saturated heterocycles. The van der Waals surface area contributed by atoms with Gasteiger partial charge in [0, 0.05) is 17.9 Å². The first kappa shape index (κ1) is 16.1. The lowest BCUT2D eigenvalue weighted by molar-refractivity contribution is -0.133. The van der Waals surface area contributed by atoms with Crippen LogP contribution in [0.1, 0.15) is 64.6 Å². The average Bonchev–Trinajstić information content (AvgIpc) is 2.77. The fraction of sp³-hybridized carbons (Fsp3) is 0.714. The Kier molecular flexibility index (Phi) is 6.42. The predicted molar refractivity (Wildman–Crippen MR) is 78.9 cm³/mol. The molecule has 19 heavy (non-hydrogen) atoms. The normalized spacial score (nSPS) is 12.9. The molecule has 4 nitrogen and oxygen atoms in total. The second-order valence-electron chi connectivity index (χ2n) is 5.16. The molecule has 1 unspecified atom stereocenters. The van der Waals surface area contributed by atoms with Crippen molar-refractivity contribution < 1.29 is 9.90 Å². The monoisotopic (exact) mass is 284 g/mol. The molecule has 0 amide bonds. The molecule has 0 bridgehead atoms. The van der Waals surface area contributed by atoms with Gasteiger partial charge in [-0.1, -0.05) is 45.4 Å². The molecular weight excluding hydrogens is 260 g/mol. The van der Waals surface area contributed by atoms with Crippen LogP contribution < -0.4 is 0 Å². The van der Waals surface area contributed by atoms with Crippen LogP contribution >= 0.6 is 11.8 Å². The van der Waals surface area contributed by atoms with Gasteiger partial charge in [0.2, 0.25) is 0 Å². The fourth-order valence-electron chi connectivity index (χ4n) is 2.09. The molecule has 0 aliphatic heterocycles. The van der Waals surface area contributed by atoms with Crippen LogP contribution in [0, 0.1) is 0 Å². The molecule has 0 aromatic carbocycles. The topological polar surface area (TPSA) is 55.1 Å². The standard InChI is InChI=1S/C14H24N2O2S/c1-5-6-7-11(4)16-12(10(2)3)8-15-14(16)19-9-13(17)18/h8,10-11H,5-7,9H2,1-4H3,(H,17,18). The summed E-state index contributed by atoms with van der Waals surface area (Å²) in [6, 6.07) is 0.371. The third kappa shape index (κ3) is 4.56. The van der Waals surface area contributed by atoms with E-state index < -0.39 is 5.97 Å². The van der Waals surface area contributed by atoms with Crippen LogP contribution in [0.25, 0.3) is 0 Å². The lowest BCUT2D eigenvalue weighted by Gasteiger charge is -2.20. The van der Waals surface area contributed by atoms with Crippen LogP contribution in [0.4, 0.5) is 0 Å². The average molecular weight is 284 g/mol. The number of rotatable bonds is 8. The molecule has 1 aromatic heterocycles. The van der Waals surface area contributed by atoms with Gasteiger partial charge in [-0.3, -0.25) is 4.79 Å². The number of carboxylic acid groups (broad SMARTS) is 1. The molecule has 0 fully saturated rings. The molecule has 1 heterocycles. The van der Waals surface area contributed by atoms with Crippen LogP contribution in [0.3, 0.4) is 0 Å². The number of thioether (sulfide) groups is 1. The van der Waals surface area contributed by atoms with E-state index in [-0.39, 0.29) is 5.75 Å². The molecule has 1 N–H and O–H groups in total. The minimum absolute atomic E-state index is 0.0645. The van der Waals surface area contributed by atoms with E-state index in [1.165, 1.54) is 30.3 Å². The van der Waals surface area contributed by atoms with Crippen molar-refractivity contribution in [3.63, 3.8) is 0 Å². The lowest BCUT2D eigenvalue weighted by Crippen LogP contribution is -2.12. The Bertz CT molecular complexity index is 416. The van der Waals surface area contributed by atoms with E-state index in [2.05, 4.69) is 37.2 Å². The van der Waals surface area contributed by atoms with Crippen molar-refractivity contribution in [3.05, 3.63) is 11.9 Å². The van der Waals surface area contributed by atoms with Gasteiger partial charge < -0.3 is 9.67 Å². The van der Waals surface area contributed by atoms with Crippen LogP contribution in [0.5, 0.6) is 0 Å². The summed E-state index contributed by atoms with van der Waals surface area (Å²) in [6.45, 7) is 8.66. The van der Waals surface area contributed by atoms with Gasteiger partial charge in [-0.2, -0.15) is 0 Å². The zero-order valence-electron chi connectivity index (χ0n) is 12.2. The van der Waals surface area contributed by atoms with E-state index in [0.29, 0.717) is 12.0 Å². The van der Waals surface area contributed by atoms with Gasteiger partial charge >= 0.3 is 5.97 Å². The smallest absolute Gasteiger partial charge is 0.313 e. The highest BCUT2D eigenvalue weighted by Crippen LogP contribution is 2.29. The van der Waals surface area contributed by atoms with Crippen molar-refractivity contribution in [1.29, 1.82) is 0 Å². The molecular formula is C14H24N2O2S. The number of hydrogen-bond donors (Lipinski definition) is 1. The first-order chi connectivity index (χ1) is 8.97. The first-order valence-corrected chi connectivity index (χ1v) is 7.87. The van der Waals surface area contributed by atoms with E-state index in [0.717, 1.165) is 11.6 Å². The zero-order chi connectivity index (χ0) is 14.4. The van der Waals surface area contributed by atoms with Crippen LogP contribution in [0.2, 0.25) is 0 Å². The van der Waals surface area contributed by atoms with Crippen LogP contribution in [-0.2, 0) is 4.79 Å². The van der Waals surface area contributed by atoms with E-state index in [4.69, 9.17) is 5.11 Å². The Morgan fingerprint density at radius 1 is 1.47 bits per heavy atom. The predicted octanol–water partition coefficient (Wildman–Crippen LogP) is 3.93. The van der Waals surface area contributed by atoms with Gasteiger partial charge in [0.25, 0.3) is 0 Å². The SMILES string of the molecule is CCCCC(C)n1c(C(C)C)cnc1SCC(=O)O. The molecule has 1 atom stereocenters. The largest absolute Gasteiger partial charge is 0.481 e.